The molecule has 0 unspecified atom stereocenters. The zero-order valence-electron chi connectivity index (χ0n) is 13.8. The van der Waals surface area contributed by atoms with Crippen molar-refractivity contribution in [1.82, 2.24) is 0 Å². The van der Waals surface area contributed by atoms with Crippen LogP contribution in [0.4, 0.5) is 0 Å². The zero-order chi connectivity index (χ0) is 16.3. The molecule has 0 bridgehead atoms. The van der Waals surface area contributed by atoms with Gasteiger partial charge in [0.25, 0.3) is 0 Å². The second kappa shape index (κ2) is 17.2. The Kier molecular flexibility index (Phi) is 15.8. The Balaban J connectivity index is 3.55. The van der Waals surface area contributed by atoms with Crippen LogP contribution in [-0.2, 0) is 4.79 Å². The van der Waals surface area contributed by atoms with Crippen LogP contribution in [0.3, 0.4) is 0 Å². The van der Waals surface area contributed by atoms with Crippen LogP contribution in [-0.4, -0.2) is 11.1 Å². The van der Waals surface area contributed by atoms with Crippen LogP contribution in [0.25, 0.3) is 0 Å². The maximum atomic E-state index is 10.3. The van der Waals surface area contributed by atoms with E-state index >= 15 is 0 Å². The molecule has 0 rings (SSSR count). The van der Waals surface area contributed by atoms with Gasteiger partial charge in [0.2, 0.25) is 0 Å². The largest absolute Gasteiger partial charge is 0.481 e. The smallest absolute Gasteiger partial charge is 0.303 e. The van der Waals surface area contributed by atoms with E-state index in [9.17, 15) is 4.79 Å². The monoisotopic (exact) mass is 302 g/mol. The van der Waals surface area contributed by atoms with E-state index in [1.54, 1.807) is 0 Å². The Morgan fingerprint density at radius 2 is 1.45 bits per heavy atom. The van der Waals surface area contributed by atoms with Crippen molar-refractivity contribution in [2.45, 2.75) is 58.3 Å². The maximum absolute atomic E-state index is 10.3. The number of rotatable bonds is 13. The molecule has 22 heavy (non-hydrogen) atoms. The highest BCUT2D eigenvalue weighted by Gasteiger charge is 1.90. The number of carbonyl (C=O) groups is 1. The van der Waals surface area contributed by atoms with Crippen LogP contribution < -0.4 is 0 Å². The Hall–Kier alpha value is -1.83. The number of hydrogen-bond donors (Lipinski definition) is 1. The lowest BCUT2D eigenvalue weighted by atomic mass is 10.1. The quantitative estimate of drug-likeness (QED) is 0.258. The molecule has 0 aliphatic carbocycles. The van der Waals surface area contributed by atoms with Crippen molar-refractivity contribution in [2.75, 3.05) is 0 Å². The molecular formula is C20H30O2. The molecule has 0 aliphatic heterocycles. The average Bonchev–Trinajstić information content (AvgIpc) is 2.50. The highest BCUT2D eigenvalue weighted by molar-refractivity contribution is 5.66. The normalized spacial score (nSPS) is 12.8. The lowest BCUT2D eigenvalue weighted by molar-refractivity contribution is -0.136. The number of aliphatic carboxylic acids is 1. The van der Waals surface area contributed by atoms with Gasteiger partial charge in [0, 0.05) is 6.42 Å². The lowest BCUT2D eigenvalue weighted by Crippen LogP contribution is -1.91. The summed E-state index contributed by atoms with van der Waals surface area (Å²) in [4.78, 5) is 10.3. The van der Waals surface area contributed by atoms with Gasteiger partial charge in [-0.15, -0.1) is 0 Å². The Labute approximate surface area is 135 Å². The zero-order valence-corrected chi connectivity index (χ0v) is 13.8. The van der Waals surface area contributed by atoms with Crippen LogP contribution in [0.5, 0.6) is 0 Å². The average molecular weight is 302 g/mol. The fourth-order valence-corrected chi connectivity index (χ4v) is 1.78. The fourth-order valence-electron chi connectivity index (χ4n) is 1.78. The Morgan fingerprint density at radius 3 is 2.14 bits per heavy atom. The molecule has 122 valence electrons. The van der Waals surface area contributed by atoms with Gasteiger partial charge >= 0.3 is 5.97 Å². The first kappa shape index (κ1) is 20.2. The molecule has 0 fully saturated rings. The number of carboxylic acids is 1. The van der Waals surface area contributed by atoms with Gasteiger partial charge in [0.1, 0.15) is 0 Å². The van der Waals surface area contributed by atoms with E-state index in [1.165, 1.54) is 32.1 Å². The SMILES string of the molecule is CCCCCC/C=C/C/C=C/C=C/C=C/C=C/CCC(=O)O. The molecule has 0 aromatic rings. The predicted molar refractivity (Wildman–Crippen MR) is 95.9 cm³/mol. The van der Waals surface area contributed by atoms with Crippen LogP contribution in [0, 0.1) is 0 Å². The second-order valence-electron chi connectivity index (χ2n) is 5.11. The summed E-state index contributed by atoms with van der Waals surface area (Å²) < 4.78 is 0. The van der Waals surface area contributed by atoms with Gasteiger partial charge in [-0.25, -0.2) is 0 Å². The molecule has 2 nitrogen and oxygen atoms in total. The fraction of sp³-hybridized carbons (Fsp3) is 0.450. The van der Waals surface area contributed by atoms with Gasteiger partial charge in [-0.05, 0) is 25.7 Å². The standard InChI is InChI=1S/C20H30O2/c1-2-3-4-5-6-7-8-9-10-11-12-13-14-15-16-17-18-19-20(21)22/h7-8,10-17H,2-6,9,18-19H2,1H3,(H,21,22)/b8-7+,11-10+,13-12+,15-14+,17-16+. The summed E-state index contributed by atoms with van der Waals surface area (Å²) in [5.74, 6) is -0.756. The second-order valence-corrected chi connectivity index (χ2v) is 5.11. The lowest BCUT2D eigenvalue weighted by Gasteiger charge is -1.93. The summed E-state index contributed by atoms with van der Waals surface area (Å²) in [5, 5.41) is 8.46. The molecule has 0 saturated carbocycles. The number of allylic oxidation sites excluding steroid dienone is 10. The van der Waals surface area contributed by atoms with Crippen molar-refractivity contribution < 1.29 is 9.90 Å². The third kappa shape index (κ3) is 18.2. The van der Waals surface area contributed by atoms with E-state index in [0.717, 1.165) is 6.42 Å². The van der Waals surface area contributed by atoms with Crippen molar-refractivity contribution in [3.05, 3.63) is 60.8 Å². The van der Waals surface area contributed by atoms with E-state index in [0.29, 0.717) is 6.42 Å². The molecule has 0 radical (unpaired) electrons. The van der Waals surface area contributed by atoms with Gasteiger partial charge < -0.3 is 5.11 Å². The van der Waals surface area contributed by atoms with Crippen molar-refractivity contribution >= 4 is 5.97 Å². The van der Waals surface area contributed by atoms with Gasteiger partial charge in [-0.3, -0.25) is 4.79 Å². The first-order chi connectivity index (χ1) is 10.8. The van der Waals surface area contributed by atoms with Crippen molar-refractivity contribution in [3.8, 4) is 0 Å². The topological polar surface area (TPSA) is 37.3 Å². The Morgan fingerprint density at radius 1 is 0.773 bits per heavy atom. The summed E-state index contributed by atoms with van der Waals surface area (Å²) in [5.41, 5.74) is 0. The summed E-state index contributed by atoms with van der Waals surface area (Å²) in [7, 11) is 0. The van der Waals surface area contributed by atoms with Crippen LogP contribution in [0.1, 0.15) is 58.3 Å². The molecule has 0 aromatic carbocycles. The van der Waals surface area contributed by atoms with Crippen LogP contribution in [0.15, 0.2) is 60.8 Å². The van der Waals surface area contributed by atoms with Gasteiger partial charge in [-0.2, -0.15) is 0 Å². The van der Waals surface area contributed by atoms with Gasteiger partial charge in [-0.1, -0.05) is 86.9 Å². The van der Waals surface area contributed by atoms with E-state index in [1.807, 2.05) is 42.5 Å². The van der Waals surface area contributed by atoms with Gasteiger partial charge in [0.05, 0.1) is 0 Å². The number of carboxylic acid groups (broad SMARTS) is 1. The van der Waals surface area contributed by atoms with E-state index in [-0.39, 0.29) is 6.42 Å². The predicted octanol–water partition coefficient (Wildman–Crippen LogP) is 5.99. The van der Waals surface area contributed by atoms with Crippen LogP contribution >= 0.6 is 0 Å². The maximum Gasteiger partial charge on any atom is 0.303 e. The summed E-state index contributed by atoms with van der Waals surface area (Å²) in [6.07, 6.45) is 28.4. The minimum Gasteiger partial charge on any atom is -0.481 e. The molecule has 0 atom stereocenters. The molecule has 0 saturated heterocycles. The van der Waals surface area contributed by atoms with E-state index < -0.39 is 5.97 Å². The van der Waals surface area contributed by atoms with E-state index in [2.05, 4.69) is 25.2 Å². The highest BCUT2D eigenvalue weighted by Crippen LogP contribution is 2.03. The first-order valence-corrected chi connectivity index (χ1v) is 8.29. The molecule has 0 spiro atoms. The first-order valence-electron chi connectivity index (χ1n) is 8.29. The van der Waals surface area contributed by atoms with E-state index in [4.69, 9.17) is 5.11 Å². The minimum absolute atomic E-state index is 0.190. The van der Waals surface area contributed by atoms with Crippen molar-refractivity contribution in [3.63, 3.8) is 0 Å². The molecule has 0 heterocycles. The molecule has 0 aromatic heterocycles. The van der Waals surface area contributed by atoms with Crippen LogP contribution in [0.2, 0.25) is 0 Å². The molecule has 2 heteroatoms. The van der Waals surface area contributed by atoms with Crippen molar-refractivity contribution in [1.29, 1.82) is 0 Å². The number of hydrogen-bond acceptors (Lipinski definition) is 1. The molecule has 1 N–H and O–H groups in total. The molecule has 0 aliphatic rings. The summed E-state index contributed by atoms with van der Waals surface area (Å²) in [6.45, 7) is 2.24. The van der Waals surface area contributed by atoms with Gasteiger partial charge in [0.15, 0.2) is 0 Å². The third-order valence-corrected chi connectivity index (χ3v) is 3.02. The summed E-state index contributed by atoms with van der Waals surface area (Å²) >= 11 is 0. The van der Waals surface area contributed by atoms with Crippen molar-refractivity contribution in [2.24, 2.45) is 0 Å². The minimum atomic E-state index is -0.756. The molecular weight excluding hydrogens is 272 g/mol. The molecule has 0 amide bonds. The Bertz CT molecular complexity index is 398. The number of unbranched alkanes of at least 4 members (excludes halogenated alkanes) is 4. The summed E-state index contributed by atoms with van der Waals surface area (Å²) in [6, 6.07) is 0. The highest BCUT2D eigenvalue weighted by atomic mass is 16.4. The third-order valence-electron chi connectivity index (χ3n) is 3.02.